The van der Waals surface area contributed by atoms with Crippen LogP contribution < -0.4 is 9.64 Å². The van der Waals surface area contributed by atoms with E-state index in [0.29, 0.717) is 17.4 Å². The van der Waals surface area contributed by atoms with Crippen LogP contribution >= 0.6 is 11.6 Å². The van der Waals surface area contributed by atoms with Gasteiger partial charge in [0.2, 0.25) is 0 Å². The molecule has 0 spiro atoms. The highest BCUT2D eigenvalue weighted by Gasteiger charge is 2.36. The highest BCUT2D eigenvalue weighted by atomic mass is 35.5. The predicted molar refractivity (Wildman–Crippen MR) is 70.8 cm³/mol. The Bertz CT molecular complexity index is 483. The molecule has 2 heterocycles. The van der Waals surface area contributed by atoms with Crippen LogP contribution in [-0.2, 0) is 4.79 Å². The number of hydrogen-bond donors (Lipinski definition) is 1. The Balaban J connectivity index is 2.40. The van der Waals surface area contributed by atoms with E-state index < -0.39 is 12.0 Å². The van der Waals surface area contributed by atoms with Crippen molar-refractivity contribution < 1.29 is 14.6 Å². The molecular formula is C12H16ClN3O3. The fourth-order valence-electron chi connectivity index (χ4n) is 2.44. The summed E-state index contributed by atoms with van der Waals surface area (Å²) in [5.74, 6) is -0.392. The molecule has 19 heavy (non-hydrogen) atoms. The minimum atomic E-state index is -0.860. The van der Waals surface area contributed by atoms with Crippen molar-refractivity contribution in [2.45, 2.75) is 25.8 Å². The van der Waals surface area contributed by atoms with Gasteiger partial charge in [0.05, 0.1) is 13.3 Å². The van der Waals surface area contributed by atoms with Gasteiger partial charge in [-0.15, -0.1) is 0 Å². The third-order valence-electron chi connectivity index (χ3n) is 3.34. The number of methoxy groups -OCH3 is 1. The third-order valence-corrected chi connectivity index (χ3v) is 3.61. The molecule has 1 aliphatic heterocycles. The zero-order valence-electron chi connectivity index (χ0n) is 10.8. The molecule has 0 amide bonds. The van der Waals surface area contributed by atoms with Gasteiger partial charge >= 0.3 is 12.0 Å². The maximum Gasteiger partial charge on any atom is 0.326 e. The fraction of sp³-hybridized carbons (Fsp3) is 0.583. The van der Waals surface area contributed by atoms with Crippen LogP contribution in [0.25, 0.3) is 0 Å². The molecule has 1 aliphatic rings. The standard InChI is InChI=1S/C12H16ClN3O3/c1-7-4-3-5-16(9(7)11(17)18)10-8(13)6-14-12(15-10)19-2/h6-7,9H,3-5H2,1-2H3,(H,17,18). The van der Waals surface area contributed by atoms with E-state index in [1.807, 2.05) is 6.92 Å². The summed E-state index contributed by atoms with van der Waals surface area (Å²) in [5, 5.41) is 9.73. The van der Waals surface area contributed by atoms with Crippen molar-refractivity contribution in [1.82, 2.24) is 9.97 Å². The van der Waals surface area contributed by atoms with Crippen molar-refractivity contribution in [1.29, 1.82) is 0 Å². The number of rotatable bonds is 3. The predicted octanol–water partition coefficient (Wildman–Crippen LogP) is 1.83. The molecule has 2 atom stereocenters. The molecule has 1 fully saturated rings. The monoisotopic (exact) mass is 285 g/mol. The van der Waals surface area contributed by atoms with Crippen molar-refractivity contribution in [2.75, 3.05) is 18.6 Å². The van der Waals surface area contributed by atoms with E-state index in [0.717, 1.165) is 12.8 Å². The van der Waals surface area contributed by atoms with Crippen LogP contribution in [-0.4, -0.2) is 40.7 Å². The molecule has 6 nitrogen and oxygen atoms in total. The lowest BCUT2D eigenvalue weighted by Gasteiger charge is -2.38. The summed E-state index contributed by atoms with van der Waals surface area (Å²) in [6.07, 6.45) is 3.22. The molecule has 1 aromatic rings. The van der Waals surface area contributed by atoms with Gasteiger partial charge < -0.3 is 14.7 Å². The number of anilines is 1. The van der Waals surface area contributed by atoms with Gasteiger partial charge in [-0.05, 0) is 18.8 Å². The molecular weight excluding hydrogens is 270 g/mol. The van der Waals surface area contributed by atoms with E-state index in [-0.39, 0.29) is 11.9 Å². The lowest BCUT2D eigenvalue weighted by atomic mass is 9.91. The summed E-state index contributed by atoms with van der Waals surface area (Å²) in [4.78, 5) is 21.3. The highest BCUT2D eigenvalue weighted by Crippen LogP contribution is 2.32. The smallest absolute Gasteiger partial charge is 0.326 e. The highest BCUT2D eigenvalue weighted by molar-refractivity contribution is 6.32. The van der Waals surface area contributed by atoms with Crippen molar-refractivity contribution in [3.8, 4) is 6.01 Å². The Morgan fingerprint density at radius 2 is 2.37 bits per heavy atom. The normalized spacial score (nSPS) is 23.2. The minimum Gasteiger partial charge on any atom is -0.480 e. The third kappa shape index (κ3) is 2.73. The maximum atomic E-state index is 11.5. The van der Waals surface area contributed by atoms with Crippen LogP contribution in [0.15, 0.2) is 6.20 Å². The van der Waals surface area contributed by atoms with Gasteiger partial charge in [-0.3, -0.25) is 0 Å². The SMILES string of the molecule is COc1ncc(Cl)c(N2CCCC(C)C2C(=O)O)n1. The zero-order valence-corrected chi connectivity index (χ0v) is 11.6. The molecule has 2 unspecified atom stereocenters. The molecule has 0 bridgehead atoms. The number of ether oxygens (including phenoxy) is 1. The van der Waals surface area contributed by atoms with E-state index in [2.05, 4.69) is 9.97 Å². The Hall–Kier alpha value is -1.56. The quantitative estimate of drug-likeness (QED) is 0.913. The average molecular weight is 286 g/mol. The van der Waals surface area contributed by atoms with Crippen LogP contribution in [0.1, 0.15) is 19.8 Å². The van der Waals surface area contributed by atoms with E-state index in [4.69, 9.17) is 16.3 Å². The molecule has 2 rings (SSSR count). The van der Waals surface area contributed by atoms with Crippen molar-refractivity contribution in [3.05, 3.63) is 11.2 Å². The van der Waals surface area contributed by atoms with Gasteiger partial charge in [0.15, 0.2) is 5.82 Å². The molecule has 1 aromatic heterocycles. The second-order valence-corrected chi connectivity index (χ2v) is 5.03. The van der Waals surface area contributed by atoms with E-state index in [9.17, 15) is 9.90 Å². The van der Waals surface area contributed by atoms with E-state index in [1.54, 1.807) is 4.90 Å². The Morgan fingerprint density at radius 1 is 1.63 bits per heavy atom. The van der Waals surface area contributed by atoms with Crippen LogP contribution in [0.3, 0.4) is 0 Å². The first-order valence-corrected chi connectivity index (χ1v) is 6.48. The summed E-state index contributed by atoms with van der Waals surface area (Å²) in [7, 11) is 1.46. The van der Waals surface area contributed by atoms with Gasteiger partial charge in [-0.1, -0.05) is 18.5 Å². The van der Waals surface area contributed by atoms with Crippen LogP contribution in [0.2, 0.25) is 5.02 Å². The number of carboxylic acid groups (broad SMARTS) is 1. The fourth-order valence-corrected chi connectivity index (χ4v) is 2.64. The Kier molecular flexibility index (Phi) is 4.09. The number of carbonyl (C=O) groups is 1. The van der Waals surface area contributed by atoms with Crippen LogP contribution in [0, 0.1) is 5.92 Å². The first-order valence-electron chi connectivity index (χ1n) is 6.10. The summed E-state index contributed by atoms with van der Waals surface area (Å²) < 4.78 is 4.97. The van der Waals surface area contributed by atoms with Gasteiger partial charge in [-0.2, -0.15) is 4.98 Å². The summed E-state index contributed by atoms with van der Waals surface area (Å²) in [5.41, 5.74) is 0. The van der Waals surface area contributed by atoms with Crippen molar-refractivity contribution >= 4 is 23.4 Å². The first-order chi connectivity index (χ1) is 9.04. The number of piperidine rings is 1. The number of hydrogen-bond acceptors (Lipinski definition) is 5. The molecule has 0 aliphatic carbocycles. The van der Waals surface area contributed by atoms with Gasteiger partial charge in [0.1, 0.15) is 11.1 Å². The number of aromatic nitrogens is 2. The Morgan fingerprint density at radius 3 is 3.00 bits per heavy atom. The number of nitrogens with zero attached hydrogens (tertiary/aromatic N) is 3. The molecule has 104 valence electrons. The molecule has 0 radical (unpaired) electrons. The van der Waals surface area contributed by atoms with Crippen molar-refractivity contribution in [3.63, 3.8) is 0 Å². The number of halogens is 1. The molecule has 1 N–H and O–H groups in total. The Labute approximate surface area is 116 Å². The van der Waals surface area contributed by atoms with E-state index >= 15 is 0 Å². The average Bonchev–Trinajstić information content (AvgIpc) is 2.38. The summed E-state index contributed by atoms with van der Waals surface area (Å²) in [6, 6.07) is -0.437. The first kappa shape index (κ1) is 13.9. The number of carboxylic acids is 1. The van der Waals surface area contributed by atoms with Gasteiger partial charge in [0.25, 0.3) is 0 Å². The largest absolute Gasteiger partial charge is 0.480 e. The number of aliphatic carboxylic acids is 1. The molecule has 1 saturated heterocycles. The van der Waals surface area contributed by atoms with E-state index in [1.165, 1.54) is 13.3 Å². The topological polar surface area (TPSA) is 75.5 Å². The zero-order chi connectivity index (χ0) is 14.0. The van der Waals surface area contributed by atoms with Crippen LogP contribution in [0.5, 0.6) is 6.01 Å². The lowest BCUT2D eigenvalue weighted by molar-refractivity contribution is -0.140. The molecule has 7 heteroatoms. The lowest BCUT2D eigenvalue weighted by Crippen LogP contribution is -2.49. The summed E-state index contributed by atoms with van der Waals surface area (Å²) in [6.45, 7) is 2.54. The maximum absolute atomic E-state index is 11.5. The molecule has 0 saturated carbocycles. The summed E-state index contributed by atoms with van der Waals surface area (Å²) >= 11 is 6.09. The van der Waals surface area contributed by atoms with Crippen molar-refractivity contribution in [2.24, 2.45) is 5.92 Å². The van der Waals surface area contributed by atoms with Crippen LogP contribution in [0.4, 0.5) is 5.82 Å². The minimum absolute atomic E-state index is 0.0447. The molecule has 0 aromatic carbocycles. The van der Waals surface area contributed by atoms with Gasteiger partial charge in [0, 0.05) is 6.54 Å². The second-order valence-electron chi connectivity index (χ2n) is 4.62. The van der Waals surface area contributed by atoms with Gasteiger partial charge in [-0.25, -0.2) is 9.78 Å². The second kappa shape index (κ2) is 5.61.